The number of hydrogen-bond donors (Lipinski definition) is 1. The van der Waals surface area contributed by atoms with E-state index in [1.54, 1.807) is 0 Å². The molecule has 0 bridgehead atoms. The first-order chi connectivity index (χ1) is 8.41. The van der Waals surface area contributed by atoms with Gasteiger partial charge in [-0.1, -0.05) is 25.5 Å². The van der Waals surface area contributed by atoms with Crippen molar-refractivity contribution in [3.8, 4) is 0 Å². The minimum atomic E-state index is -0.0634. The van der Waals surface area contributed by atoms with Crippen LogP contribution in [-0.4, -0.2) is 24.3 Å². The molecule has 0 heterocycles. The SMILES string of the molecule is CC(C)=C[C@H]1[C@H](C(=O)OCCCCCO)C1(C)C. The fourth-order valence-corrected chi connectivity index (χ4v) is 2.45. The van der Waals surface area contributed by atoms with Crippen LogP contribution in [0.1, 0.15) is 47.0 Å². The number of hydrogen-bond acceptors (Lipinski definition) is 3. The Bertz CT molecular complexity index is 314. The lowest BCUT2D eigenvalue weighted by Crippen LogP contribution is -2.11. The van der Waals surface area contributed by atoms with Crippen LogP contribution >= 0.6 is 0 Å². The molecule has 1 fully saturated rings. The predicted molar refractivity (Wildman–Crippen MR) is 72.1 cm³/mol. The number of carbonyl (C=O) groups excluding carboxylic acids is 1. The van der Waals surface area contributed by atoms with Gasteiger partial charge in [-0.05, 0) is 44.4 Å². The Labute approximate surface area is 110 Å². The summed E-state index contributed by atoms with van der Waals surface area (Å²) in [4.78, 5) is 11.9. The first-order valence-electron chi connectivity index (χ1n) is 6.83. The molecule has 104 valence electrons. The molecule has 2 atom stereocenters. The maximum Gasteiger partial charge on any atom is 0.310 e. The van der Waals surface area contributed by atoms with Gasteiger partial charge in [0.1, 0.15) is 0 Å². The summed E-state index contributed by atoms with van der Waals surface area (Å²) in [6.45, 7) is 9.06. The van der Waals surface area contributed by atoms with Gasteiger partial charge in [-0.25, -0.2) is 0 Å². The number of unbranched alkanes of at least 4 members (excludes halogenated alkanes) is 2. The molecule has 0 unspecified atom stereocenters. The van der Waals surface area contributed by atoms with Crippen LogP contribution in [0.4, 0.5) is 0 Å². The molecule has 1 saturated carbocycles. The van der Waals surface area contributed by atoms with E-state index in [0.29, 0.717) is 12.5 Å². The molecule has 1 N–H and O–H groups in total. The van der Waals surface area contributed by atoms with Crippen molar-refractivity contribution in [1.29, 1.82) is 0 Å². The standard InChI is InChI=1S/C15H26O3/c1-11(2)10-12-13(15(12,3)4)14(17)18-9-7-5-6-8-16/h10,12-13,16H,5-9H2,1-4H3/t12-,13+/m0/s1. The summed E-state index contributed by atoms with van der Waals surface area (Å²) in [5.74, 6) is 0.282. The van der Waals surface area contributed by atoms with E-state index in [-0.39, 0.29) is 23.9 Å². The molecule has 0 aromatic rings. The molecule has 3 nitrogen and oxygen atoms in total. The summed E-state index contributed by atoms with van der Waals surface area (Å²) in [6, 6.07) is 0. The second-order valence-corrected chi connectivity index (χ2v) is 6.02. The van der Waals surface area contributed by atoms with Crippen molar-refractivity contribution in [3.63, 3.8) is 0 Å². The molecular weight excluding hydrogens is 228 g/mol. The molecule has 1 aliphatic rings. The summed E-state index contributed by atoms with van der Waals surface area (Å²) < 4.78 is 5.31. The van der Waals surface area contributed by atoms with Crippen molar-refractivity contribution in [1.82, 2.24) is 0 Å². The van der Waals surface area contributed by atoms with Crippen LogP contribution in [0.25, 0.3) is 0 Å². The molecule has 18 heavy (non-hydrogen) atoms. The zero-order valence-electron chi connectivity index (χ0n) is 12.0. The summed E-state index contributed by atoms with van der Waals surface area (Å²) in [5, 5.41) is 8.65. The number of ether oxygens (including phenoxy) is 1. The van der Waals surface area contributed by atoms with Crippen LogP contribution in [0, 0.1) is 17.3 Å². The van der Waals surface area contributed by atoms with Crippen LogP contribution in [0.5, 0.6) is 0 Å². The van der Waals surface area contributed by atoms with Crippen LogP contribution < -0.4 is 0 Å². The Morgan fingerprint density at radius 3 is 2.50 bits per heavy atom. The van der Waals surface area contributed by atoms with Gasteiger partial charge < -0.3 is 9.84 Å². The van der Waals surface area contributed by atoms with Crippen molar-refractivity contribution < 1.29 is 14.6 Å². The Balaban J connectivity index is 2.33. The number of aliphatic hydroxyl groups is 1. The van der Waals surface area contributed by atoms with Crippen LogP contribution in [0.15, 0.2) is 11.6 Å². The third-order valence-electron chi connectivity index (χ3n) is 3.72. The van der Waals surface area contributed by atoms with Crippen LogP contribution in [0.3, 0.4) is 0 Å². The van der Waals surface area contributed by atoms with Crippen molar-refractivity contribution in [3.05, 3.63) is 11.6 Å². The van der Waals surface area contributed by atoms with Gasteiger partial charge in [-0.2, -0.15) is 0 Å². The highest BCUT2D eigenvalue weighted by atomic mass is 16.5. The molecule has 1 rings (SSSR count). The lowest BCUT2D eigenvalue weighted by Gasteiger charge is -2.05. The van der Waals surface area contributed by atoms with Gasteiger partial charge in [0.2, 0.25) is 0 Å². The third kappa shape index (κ3) is 3.84. The molecule has 0 aromatic carbocycles. The number of carbonyl (C=O) groups is 1. The molecule has 0 radical (unpaired) electrons. The van der Waals surface area contributed by atoms with Gasteiger partial charge in [0.15, 0.2) is 0 Å². The van der Waals surface area contributed by atoms with Gasteiger partial charge in [0.25, 0.3) is 0 Å². The second-order valence-electron chi connectivity index (χ2n) is 6.02. The minimum absolute atomic E-state index is 0.0187. The van der Waals surface area contributed by atoms with Crippen molar-refractivity contribution in [2.24, 2.45) is 17.3 Å². The van der Waals surface area contributed by atoms with Crippen molar-refractivity contribution in [2.75, 3.05) is 13.2 Å². The monoisotopic (exact) mass is 254 g/mol. The zero-order valence-corrected chi connectivity index (χ0v) is 12.0. The van der Waals surface area contributed by atoms with Gasteiger partial charge in [0.05, 0.1) is 12.5 Å². The van der Waals surface area contributed by atoms with Crippen LogP contribution in [-0.2, 0) is 9.53 Å². The third-order valence-corrected chi connectivity index (χ3v) is 3.72. The van der Waals surface area contributed by atoms with Gasteiger partial charge in [0, 0.05) is 6.61 Å². The smallest absolute Gasteiger partial charge is 0.310 e. The fraction of sp³-hybridized carbons (Fsp3) is 0.800. The van der Waals surface area contributed by atoms with E-state index in [1.807, 2.05) is 0 Å². The molecule has 1 aliphatic carbocycles. The Hall–Kier alpha value is -0.830. The number of rotatable bonds is 7. The molecule has 0 spiro atoms. The summed E-state index contributed by atoms with van der Waals surface area (Å²) >= 11 is 0. The fourth-order valence-electron chi connectivity index (χ4n) is 2.45. The second kappa shape index (κ2) is 6.37. The van der Waals surface area contributed by atoms with E-state index in [9.17, 15) is 4.79 Å². The van der Waals surface area contributed by atoms with E-state index < -0.39 is 0 Å². The Morgan fingerprint density at radius 1 is 1.28 bits per heavy atom. The van der Waals surface area contributed by atoms with E-state index in [2.05, 4.69) is 33.8 Å². The Morgan fingerprint density at radius 2 is 1.94 bits per heavy atom. The first-order valence-corrected chi connectivity index (χ1v) is 6.83. The molecular formula is C15H26O3. The number of esters is 1. The first kappa shape index (κ1) is 15.2. The lowest BCUT2D eigenvalue weighted by molar-refractivity contribution is -0.146. The minimum Gasteiger partial charge on any atom is -0.465 e. The largest absolute Gasteiger partial charge is 0.465 e. The maximum absolute atomic E-state index is 11.9. The zero-order chi connectivity index (χ0) is 13.8. The molecule has 0 aromatic heterocycles. The summed E-state index contributed by atoms with van der Waals surface area (Å²) in [6.07, 6.45) is 4.71. The molecule has 0 saturated heterocycles. The van der Waals surface area contributed by atoms with E-state index in [0.717, 1.165) is 19.3 Å². The number of allylic oxidation sites excluding steroid dienone is 2. The molecule has 0 amide bonds. The summed E-state index contributed by atoms with van der Waals surface area (Å²) in [7, 11) is 0. The maximum atomic E-state index is 11.9. The van der Waals surface area contributed by atoms with Gasteiger partial charge in [-0.3, -0.25) is 4.79 Å². The summed E-state index contributed by atoms with van der Waals surface area (Å²) in [5.41, 5.74) is 1.30. The highest BCUT2D eigenvalue weighted by Crippen LogP contribution is 2.59. The average Bonchev–Trinajstić information content (AvgIpc) is 2.79. The average molecular weight is 254 g/mol. The van der Waals surface area contributed by atoms with E-state index in [1.165, 1.54) is 5.57 Å². The van der Waals surface area contributed by atoms with E-state index >= 15 is 0 Å². The highest BCUT2D eigenvalue weighted by Gasteiger charge is 2.61. The normalized spacial score (nSPS) is 24.5. The van der Waals surface area contributed by atoms with Gasteiger partial charge >= 0.3 is 5.97 Å². The predicted octanol–water partition coefficient (Wildman–Crippen LogP) is 2.93. The molecule has 3 heteroatoms. The molecule has 0 aliphatic heterocycles. The topological polar surface area (TPSA) is 46.5 Å². The van der Waals surface area contributed by atoms with Crippen molar-refractivity contribution in [2.45, 2.75) is 47.0 Å². The highest BCUT2D eigenvalue weighted by molar-refractivity contribution is 5.78. The van der Waals surface area contributed by atoms with E-state index in [4.69, 9.17) is 9.84 Å². The van der Waals surface area contributed by atoms with Crippen molar-refractivity contribution >= 4 is 5.97 Å². The Kier molecular flexibility index (Phi) is 5.39. The quantitative estimate of drug-likeness (QED) is 0.431. The number of aliphatic hydroxyl groups excluding tert-OH is 1. The van der Waals surface area contributed by atoms with Gasteiger partial charge in [-0.15, -0.1) is 0 Å². The van der Waals surface area contributed by atoms with Crippen LogP contribution in [0.2, 0.25) is 0 Å². The lowest BCUT2D eigenvalue weighted by atomic mass is 10.1.